The summed E-state index contributed by atoms with van der Waals surface area (Å²) in [6.45, 7) is 0. The van der Waals surface area contributed by atoms with Gasteiger partial charge in [-0.3, -0.25) is 9.59 Å². The van der Waals surface area contributed by atoms with Gasteiger partial charge in [0.05, 0.1) is 5.56 Å². The number of benzene rings is 1. The smallest absolute Gasteiger partial charge is 0.257 e. The Labute approximate surface area is 137 Å². The molecule has 1 aliphatic rings. The first-order chi connectivity index (χ1) is 10.5. The highest BCUT2D eigenvalue weighted by Gasteiger charge is 2.32. The average molecular weight is 384 g/mol. The first kappa shape index (κ1) is 15.2. The molecule has 2 N–H and O–H groups in total. The average Bonchev–Trinajstić information content (AvgIpc) is 2.48. The normalized spacial score (nSPS) is 17.0. The van der Waals surface area contributed by atoms with Crippen LogP contribution in [-0.2, 0) is 4.79 Å². The van der Waals surface area contributed by atoms with E-state index in [2.05, 4.69) is 31.2 Å². The maximum absolute atomic E-state index is 14.2. The number of fused-ring (bicyclic) bond motifs is 1. The molecule has 2 aromatic rings. The molecule has 0 aliphatic carbocycles. The Kier molecular flexibility index (Phi) is 4.05. The number of anilines is 1. The predicted molar refractivity (Wildman–Crippen MR) is 85.8 cm³/mol. The molecule has 1 amide bonds. The SMILES string of the molecule is CSc1nc2c(c(=O)[nH]1)C(c1cc(Br)ccc1F)CC(=O)N2. The van der Waals surface area contributed by atoms with Crippen LogP contribution < -0.4 is 10.9 Å². The number of H-pyrrole nitrogens is 1. The first-order valence-electron chi connectivity index (χ1n) is 6.42. The fraction of sp³-hybridized carbons (Fsp3) is 0.214. The fourth-order valence-corrected chi connectivity index (χ4v) is 3.25. The largest absolute Gasteiger partial charge is 0.310 e. The Balaban J connectivity index is 2.22. The zero-order chi connectivity index (χ0) is 15.9. The Morgan fingerprint density at radius 1 is 1.41 bits per heavy atom. The van der Waals surface area contributed by atoms with Crippen LogP contribution in [0.15, 0.2) is 32.6 Å². The van der Waals surface area contributed by atoms with E-state index in [-0.39, 0.29) is 29.3 Å². The van der Waals surface area contributed by atoms with Gasteiger partial charge in [0.2, 0.25) is 5.91 Å². The zero-order valence-corrected chi connectivity index (χ0v) is 13.8. The molecule has 1 aromatic heterocycles. The monoisotopic (exact) mass is 383 g/mol. The van der Waals surface area contributed by atoms with E-state index >= 15 is 0 Å². The van der Waals surface area contributed by atoms with E-state index in [0.717, 1.165) is 0 Å². The molecule has 1 aromatic carbocycles. The fourth-order valence-electron chi connectivity index (χ4n) is 2.49. The summed E-state index contributed by atoms with van der Waals surface area (Å²) in [5, 5.41) is 2.99. The quantitative estimate of drug-likeness (QED) is 0.617. The van der Waals surface area contributed by atoms with Gasteiger partial charge in [-0.05, 0) is 30.0 Å². The lowest BCUT2D eigenvalue weighted by atomic mass is 9.86. The maximum Gasteiger partial charge on any atom is 0.257 e. The lowest BCUT2D eigenvalue weighted by molar-refractivity contribution is -0.116. The van der Waals surface area contributed by atoms with E-state index in [1.54, 1.807) is 18.4 Å². The number of thioether (sulfide) groups is 1. The highest BCUT2D eigenvalue weighted by atomic mass is 79.9. The molecule has 8 heteroatoms. The number of carbonyl (C=O) groups is 1. The number of nitrogens with zero attached hydrogens (tertiary/aromatic N) is 1. The van der Waals surface area contributed by atoms with Gasteiger partial charge >= 0.3 is 0 Å². The molecule has 0 fully saturated rings. The van der Waals surface area contributed by atoms with Gasteiger partial charge in [-0.15, -0.1) is 0 Å². The van der Waals surface area contributed by atoms with Crippen LogP contribution in [0.3, 0.4) is 0 Å². The number of hydrogen-bond acceptors (Lipinski definition) is 4. The third-order valence-corrected chi connectivity index (χ3v) is 4.53. The molecule has 0 radical (unpaired) electrons. The van der Waals surface area contributed by atoms with Crippen molar-refractivity contribution >= 4 is 39.4 Å². The minimum absolute atomic E-state index is 0.00372. The lowest BCUT2D eigenvalue weighted by Crippen LogP contribution is -2.31. The molecule has 0 saturated carbocycles. The van der Waals surface area contributed by atoms with Crippen LogP contribution in [0, 0.1) is 5.82 Å². The van der Waals surface area contributed by atoms with Crippen LogP contribution in [0.1, 0.15) is 23.5 Å². The molecule has 22 heavy (non-hydrogen) atoms. The van der Waals surface area contributed by atoms with Gasteiger partial charge < -0.3 is 10.3 Å². The summed E-state index contributed by atoms with van der Waals surface area (Å²) in [5.41, 5.74) is 0.225. The van der Waals surface area contributed by atoms with Crippen LogP contribution in [0.25, 0.3) is 0 Å². The molecule has 5 nitrogen and oxygen atoms in total. The summed E-state index contributed by atoms with van der Waals surface area (Å²) >= 11 is 4.55. The Hall–Kier alpha value is -1.67. The third-order valence-electron chi connectivity index (χ3n) is 3.46. The highest BCUT2D eigenvalue weighted by Crippen LogP contribution is 2.36. The molecule has 1 aliphatic heterocycles. The summed E-state index contributed by atoms with van der Waals surface area (Å²) in [4.78, 5) is 31.1. The molecular formula is C14H11BrFN3O2S. The maximum atomic E-state index is 14.2. The van der Waals surface area contributed by atoms with Gasteiger partial charge in [-0.25, -0.2) is 9.37 Å². The van der Waals surface area contributed by atoms with Gasteiger partial charge in [0, 0.05) is 16.8 Å². The van der Waals surface area contributed by atoms with Crippen LogP contribution in [0.4, 0.5) is 10.2 Å². The molecule has 2 heterocycles. The Morgan fingerprint density at radius 2 is 2.18 bits per heavy atom. The second-order valence-corrected chi connectivity index (χ2v) is 6.52. The molecule has 3 rings (SSSR count). The molecule has 114 valence electrons. The molecule has 0 saturated heterocycles. The highest BCUT2D eigenvalue weighted by molar-refractivity contribution is 9.10. The van der Waals surface area contributed by atoms with E-state index < -0.39 is 11.7 Å². The number of hydrogen-bond donors (Lipinski definition) is 2. The number of nitrogens with one attached hydrogen (secondary N) is 2. The summed E-state index contributed by atoms with van der Waals surface area (Å²) in [5.74, 6) is -1.20. The van der Waals surface area contributed by atoms with Crippen LogP contribution >= 0.6 is 27.7 Å². The first-order valence-corrected chi connectivity index (χ1v) is 8.44. The predicted octanol–water partition coefficient (Wildman–Crippen LogP) is 2.87. The van der Waals surface area contributed by atoms with E-state index in [0.29, 0.717) is 15.2 Å². The number of carbonyl (C=O) groups excluding carboxylic acids is 1. The second-order valence-electron chi connectivity index (χ2n) is 4.81. The van der Waals surface area contributed by atoms with Crippen molar-refractivity contribution in [1.82, 2.24) is 9.97 Å². The van der Waals surface area contributed by atoms with E-state index in [9.17, 15) is 14.0 Å². The van der Waals surface area contributed by atoms with Crippen molar-refractivity contribution in [2.75, 3.05) is 11.6 Å². The molecule has 1 unspecified atom stereocenters. The number of aromatic amines is 1. The van der Waals surface area contributed by atoms with Gasteiger partial charge in [0.1, 0.15) is 11.6 Å². The summed E-state index contributed by atoms with van der Waals surface area (Å²) < 4.78 is 14.8. The summed E-state index contributed by atoms with van der Waals surface area (Å²) in [7, 11) is 0. The van der Waals surface area contributed by atoms with E-state index in [4.69, 9.17) is 0 Å². The van der Waals surface area contributed by atoms with Gasteiger partial charge in [-0.2, -0.15) is 0 Å². The van der Waals surface area contributed by atoms with Gasteiger partial charge in [0.15, 0.2) is 5.16 Å². The number of aromatic nitrogens is 2. The van der Waals surface area contributed by atoms with E-state index in [1.807, 2.05) is 0 Å². The Morgan fingerprint density at radius 3 is 2.91 bits per heavy atom. The third kappa shape index (κ3) is 2.68. The topological polar surface area (TPSA) is 74.8 Å². The Bertz CT molecular complexity index is 824. The van der Waals surface area contributed by atoms with E-state index in [1.165, 1.54) is 17.8 Å². The zero-order valence-electron chi connectivity index (χ0n) is 11.4. The van der Waals surface area contributed by atoms with Crippen molar-refractivity contribution < 1.29 is 9.18 Å². The minimum atomic E-state index is -0.659. The summed E-state index contributed by atoms with van der Waals surface area (Å²) in [6, 6.07) is 4.47. The number of halogens is 2. The van der Waals surface area contributed by atoms with Crippen LogP contribution in [-0.4, -0.2) is 22.1 Å². The molecule has 0 spiro atoms. The van der Waals surface area contributed by atoms with Crippen molar-refractivity contribution in [2.24, 2.45) is 0 Å². The van der Waals surface area contributed by atoms with Crippen molar-refractivity contribution in [2.45, 2.75) is 17.5 Å². The lowest BCUT2D eigenvalue weighted by Gasteiger charge is -2.24. The summed E-state index contributed by atoms with van der Waals surface area (Å²) in [6.07, 6.45) is 1.77. The molecule has 0 bridgehead atoms. The van der Waals surface area contributed by atoms with Crippen LogP contribution in [0.5, 0.6) is 0 Å². The molecular weight excluding hydrogens is 373 g/mol. The number of amides is 1. The van der Waals surface area contributed by atoms with Crippen molar-refractivity contribution in [1.29, 1.82) is 0 Å². The second kappa shape index (κ2) is 5.85. The van der Waals surface area contributed by atoms with Gasteiger partial charge in [0.25, 0.3) is 5.56 Å². The standard InChI is InChI=1S/C14H11BrFN3O2S/c1-22-14-18-12-11(13(21)19-14)8(5-10(20)17-12)7-4-6(15)2-3-9(7)16/h2-4,8H,5H2,1H3,(H2,17,18,19,20,21). The molecule has 1 atom stereocenters. The number of rotatable bonds is 2. The van der Waals surface area contributed by atoms with Gasteiger partial charge in [-0.1, -0.05) is 27.7 Å². The van der Waals surface area contributed by atoms with Crippen LogP contribution in [0.2, 0.25) is 0 Å². The van der Waals surface area contributed by atoms with Crippen molar-refractivity contribution in [3.63, 3.8) is 0 Å². The van der Waals surface area contributed by atoms with Crippen molar-refractivity contribution in [3.8, 4) is 0 Å². The minimum Gasteiger partial charge on any atom is -0.310 e. The van der Waals surface area contributed by atoms with Crippen molar-refractivity contribution in [3.05, 3.63) is 50.0 Å².